The second-order valence-corrected chi connectivity index (χ2v) is 4.80. The second-order valence-electron chi connectivity index (χ2n) is 4.80. The van der Waals surface area contributed by atoms with Crippen molar-refractivity contribution in [2.24, 2.45) is 0 Å². The van der Waals surface area contributed by atoms with Gasteiger partial charge in [-0.15, -0.1) is 0 Å². The van der Waals surface area contributed by atoms with Gasteiger partial charge < -0.3 is 19.9 Å². The van der Waals surface area contributed by atoms with E-state index in [1.807, 2.05) is 12.1 Å². The second kappa shape index (κ2) is 8.15. The summed E-state index contributed by atoms with van der Waals surface area (Å²) in [5, 5.41) is 12.5. The predicted molar refractivity (Wildman–Crippen MR) is 76.6 cm³/mol. The van der Waals surface area contributed by atoms with E-state index in [9.17, 15) is 0 Å². The Bertz CT molecular complexity index is 376. The van der Waals surface area contributed by atoms with E-state index in [0.29, 0.717) is 13.0 Å². The fourth-order valence-electron chi connectivity index (χ4n) is 2.21. The molecular formula is C15H25NO3. The molecule has 0 saturated carbocycles. The Balaban J connectivity index is 2.80. The lowest BCUT2D eigenvalue weighted by atomic mass is 10.0. The Kier molecular flexibility index (Phi) is 6.84. The summed E-state index contributed by atoms with van der Waals surface area (Å²) >= 11 is 0. The van der Waals surface area contributed by atoms with Gasteiger partial charge >= 0.3 is 0 Å². The molecule has 0 spiro atoms. The largest absolute Gasteiger partial charge is 0.496 e. The monoisotopic (exact) mass is 267 g/mol. The summed E-state index contributed by atoms with van der Waals surface area (Å²) in [6, 6.07) is 6.42. The molecule has 2 atom stereocenters. The molecule has 0 aliphatic rings. The smallest absolute Gasteiger partial charge is 0.123 e. The van der Waals surface area contributed by atoms with E-state index in [0.717, 1.165) is 11.3 Å². The first kappa shape index (κ1) is 16.0. The maximum atomic E-state index is 9.07. The number of aliphatic hydroxyl groups excluding tert-OH is 1. The fourth-order valence-corrected chi connectivity index (χ4v) is 2.21. The molecule has 2 unspecified atom stereocenters. The predicted octanol–water partition coefficient (Wildman–Crippen LogP) is 2.05. The minimum absolute atomic E-state index is 0.134. The number of methoxy groups -OCH3 is 2. The zero-order valence-corrected chi connectivity index (χ0v) is 12.3. The van der Waals surface area contributed by atoms with Gasteiger partial charge in [-0.05, 0) is 26.3 Å². The van der Waals surface area contributed by atoms with Gasteiger partial charge in [0.05, 0.1) is 13.7 Å². The number of nitrogens with one attached hydrogen (secondary N) is 1. The number of hydrogen-bond acceptors (Lipinski definition) is 4. The van der Waals surface area contributed by atoms with Crippen LogP contribution in [0.25, 0.3) is 0 Å². The molecule has 2 N–H and O–H groups in total. The summed E-state index contributed by atoms with van der Waals surface area (Å²) in [5.74, 6) is 0.880. The maximum absolute atomic E-state index is 9.07. The average Bonchev–Trinajstić information content (AvgIpc) is 2.39. The van der Waals surface area contributed by atoms with E-state index >= 15 is 0 Å². The number of aryl methyl sites for hydroxylation is 1. The molecule has 0 fully saturated rings. The highest BCUT2D eigenvalue weighted by atomic mass is 16.5. The third-order valence-corrected chi connectivity index (χ3v) is 3.18. The Hall–Kier alpha value is -1.10. The third-order valence-electron chi connectivity index (χ3n) is 3.18. The highest BCUT2D eigenvalue weighted by Crippen LogP contribution is 2.26. The Morgan fingerprint density at radius 3 is 2.63 bits per heavy atom. The molecule has 1 aromatic carbocycles. The van der Waals surface area contributed by atoms with Gasteiger partial charge in [0, 0.05) is 31.4 Å². The topological polar surface area (TPSA) is 50.7 Å². The molecule has 0 aliphatic heterocycles. The average molecular weight is 267 g/mol. The Labute approximate surface area is 115 Å². The number of benzene rings is 1. The highest BCUT2D eigenvalue weighted by molar-refractivity contribution is 5.38. The van der Waals surface area contributed by atoms with Crippen molar-refractivity contribution in [2.45, 2.75) is 32.4 Å². The lowest BCUT2D eigenvalue weighted by Crippen LogP contribution is -2.36. The molecule has 19 heavy (non-hydrogen) atoms. The molecule has 0 bridgehead atoms. The minimum atomic E-state index is 0.134. The van der Waals surface area contributed by atoms with Crippen LogP contribution < -0.4 is 10.1 Å². The van der Waals surface area contributed by atoms with Crippen molar-refractivity contribution in [1.29, 1.82) is 0 Å². The van der Waals surface area contributed by atoms with Crippen molar-refractivity contribution in [1.82, 2.24) is 5.32 Å². The number of ether oxygens (including phenoxy) is 2. The normalized spacial score (nSPS) is 14.2. The number of aliphatic hydroxyl groups is 1. The molecule has 4 heteroatoms. The van der Waals surface area contributed by atoms with Crippen LogP contribution in [-0.2, 0) is 4.74 Å². The molecule has 0 amide bonds. The fraction of sp³-hybridized carbons (Fsp3) is 0.600. The van der Waals surface area contributed by atoms with Gasteiger partial charge in [0.15, 0.2) is 0 Å². The molecule has 0 saturated heterocycles. The zero-order valence-electron chi connectivity index (χ0n) is 12.3. The van der Waals surface area contributed by atoms with Crippen LogP contribution in [0.5, 0.6) is 5.75 Å². The van der Waals surface area contributed by atoms with E-state index < -0.39 is 0 Å². The van der Waals surface area contributed by atoms with E-state index in [1.165, 1.54) is 5.56 Å². The number of rotatable bonds is 8. The molecular weight excluding hydrogens is 242 g/mol. The van der Waals surface area contributed by atoms with Crippen molar-refractivity contribution in [3.05, 3.63) is 29.3 Å². The van der Waals surface area contributed by atoms with Crippen molar-refractivity contribution < 1.29 is 14.6 Å². The first-order valence-corrected chi connectivity index (χ1v) is 6.62. The van der Waals surface area contributed by atoms with Crippen LogP contribution in [0.1, 0.15) is 30.5 Å². The molecule has 1 rings (SSSR count). The summed E-state index contributed by atoms with van der Waals surface area (Å²) < 4.78 is 10.6. The van der Waals surface area contributed by atoms with Crippen LogP contribution in [0, 0.1) is 6.92 Å². The van der Waals surface area contributed by atoms with Crippen LogP contribution in [0.2, 0.25) is 0 Å². The summed E-state index contributed by atoms with van der Waals surface area (Å²) in [5.41, 5.74) is 2.33. The zero-order chi connectivity index (χ0) is 14.3. The SMILES string of the molecule is COCC(CCO)NC(C)c1cc(C)ccc1OC. The molecule has 0 radical (unpaired) electrons. The van der Waals surface area contributed by atoms with Gasteiger partial charge in [-0.1, -0.05) is 17.7 Å². The molecule has 0 aromatic heterocycles. The maximum Gasteiger partial charge on any atom is 0.123 e. The van der Waals surface area contributed by atoms with Crippen LogP contribution in [0.3, 0.4) is 0 Å². The van der Waals surface area contributed by atoms with E-state index in [4.69, 9.17) is 14.6 Å². The Morgan fingerprint density at radius 2 is 2.05 bits per heavy atom. The molecule has 0 aliphatic carbocycles. The lowest BCUT2D eigenvalue weighted by molar-refractivity contribution is 0.143. The van der Waals surface area contributed by atoms with Crippen LogP contribution in [0.4, 0.5) is 0 Å². The van der Waals surface area contributed by atoms with Gasteiger partial charge in [-0.3, -0.25) is 0 Å². The van der Waals surface area contributed by atoms with Crippen molar-refractivity contribution >= 4 is 0 Å². The van der Waals surface area contributed by atoms with Gasteiger partial charge in [-0.25, -0.2) is 0 Å². The molecule has 0 heterocycles. The van der Waals surface area contributed by atoms with Crippen molar-refractivity contribution in [2.75, 3.05) is 27.4 Å². The first-order valence-electron chi connectivity index (χ1n) is 6.62. The van der Waals surface area contributed by atoms with Gasteiger partial charge in [0.25, 0.3) is 0 Å². The molecule has 4 nitrogen and oxygen atoms in total. The van der Waals surface area contributed by atoms with Gasteiger partial charge in [0.2, 0.25) is 0 Å². The van der Waals surface area contributed by atoms with E-state index in [-0.39, 0.29) is 18.7 Å². The summed E-state index contributed by atoms with van der Waals surface area (Å²) in [4.78, 5) is 0. The van der Waals surface area contributed by atoms with Gasteiger partial charge in [0.1, 0.15) is 5.75 Å². The summed E-state index contributed by atoms with van der Waals surface area (Å²) in [6.45, 7) is 4.89. The van der Waals surface area contributed by atoms with E-state index in [1.54, 1.807) is 14.2 Å². The highest BCUT2D eigenvalue weighted by Gasteiger charge is 2.16. The molecule has 1 aromatic rings. The van der Waals surface area contributed by atoms with Crippen LogP contribution >= 0.6 is 0 Å². The Morgan fingerprint density at radius 1 is 1.32 bits per heavy atom. The first-order chi connectivity index (χ1) is 9.12. The standard InChI is InChI=1S/C15H25NO3/c1-11-5-6-15(19-4)14(9-11)12(2)16-13(7-8-17)10-18-3/h5-6,9,12-13,16-17H,7-8,10H2,1-4H3. The minimum Gasteiger partial charge on any atom is -0.496 e. The van der Waals surface area contributed by atoms with Gasteiger partial charge in [-0.2, -0.15) is 0 Å². The quantitative estimate of drug-likeness (QED) is 0.757. The summed E-state index contributed by atoms with van der Waals surface area (Å²) in [7, 11) is 3.35. The molecule has 108 valence electrons. The van der Waals surface area contributed by atoms with Crippen molar-refractivity contribution in [3.8, 4) is 5.75 Å². The van der Waals surface area contributed by atoms with Crippen LogP contribution in [0.15, 0.2) is 18.2 Å². The van der Waals surface area contributed by atoms with Crippen LogP contribution in [-0.4, -0.2) is 38.6 Å². The lowest BCUT2D eigenvalue weighted by Gasteiger charge is -2.24. The van der Waals surface area contributed by atoms with E-state index in [2.05, 4.69) is 25.2 Å². The van der Waals surface area contributed by atoms with Crippen molar-refractivity contribution in [3.63, 3.8) is 0 Å². The third kappa shape index (κ3) is 4.82. The number of hydrogen-bond donors (Lipinski definition) is 2. The summed E-state index contributed by atoms with van der Waals surface area (Å²) in [6.07, 6.45) is 0.673.